The number of hydrogen-bond acceptors (Lipinski definition) is 5. The van der Waals surface area contributed by atoms with E-state index in [0.29, 0.717) is 25.5 Å². The summed E-state index contributed by atoms with van der Waals surface area (Å²) >= 11 is 0. The molecular weight excluding hydrogens is 432 g/mol. The highest BCUT2D eigenvalue weighted by molar-refractivity contribution is 7.89. The molecule has 0 aliphatic carbocycles. The molecule has 11 heteroatoms. The summed E-state index contributed by atoms with van der Waals surface area (Å²) in [5.41, 5.74) is 0. The van der Waals surface area contributed by atoms with Gasteiger partial charge in [-0.2, -0.15) is 4.31 Å². The van der Waals surface area contributed by atoms with Gasteiger partial charge in [0, 0.05) is 32.7 Å². The zero-order valence-corrected chi connectivity index (χ0v) is 17.4. The minimum atomic E-state index is -4.01. The van der Waals surface area contributed by atoms with Crippen molar-refractivity contribution in [3.63, 3.8) is 0 Å². The first-order chi connectivity index (χ1) is 14.8. The average Bonchev–Trinajstić information content (AvgIpc) is 3.47. The smallest absolute Gasteiger partial charge is 0.290 e. The van der Waals surface area contributed by atoms with Gasteiger partial charge in [0.25, 0.3) is 5.91 Å². The predicted molar refractivity (Wildman–Crippen MR) is 104 cm³/mol. The maximum Gasteiger partial charge on any atom is 0.290 e. The van der Waals surface area contributed by atoms with E-state index in [9.17, 15) is 26.8 Å². The summed E-state index contributed by atoms with van der Waals surface area (Å²) in [4.78, 5) is 28.3. The van der Waals surface area contributed by atoms with E-state index in [4.69, 9.17) is 4.42 Å². The first-order valence-corrected chi connectivity index (χ1v) is 11.3. The van der Waals surface area contributed by atoms with Crippen LogP contribution in [0.5, 0.6) is 0 Å². The van der Waals surface area contributed by atoms with E-state index in [2.05, 4.69) is 0 Å². The maximum absolute atomic E-state index is 13.5. The Labute approximate surface area is 178 Å². The predicted octanol–water partition coefficient (Wildman–Crippen LogP) is 1.70. The van der Waals surface area contributed by atoms with Crippen molar-refractivity contribution >= 4 is 21.8 Å². The molecule has 0 N–H and O–H groups in total. The molecule has 2 aromatic rings. The highest BCUT2D eigenvalue weighted by atomic mass is 32.2. The van der Waals surface area contributed by atoms with Crippen LogP contribution in [0.4, 0.5) is 8.78 Å². The van der Waals surface area contributed by atoms with Crippen LogP contribution in [0.1, 0.15) is 23.4 Å². The van der Waals surface area contributed by atoms with Gasteiger partial charge in [0.2, 0.25) is 15.9 Å². The van der Waals surface area contributed by atoms with Gasteiger partial charge in [-0.05, 0) is 43.2 Å². The molecule has 2 fully saturated rings. The zero-order valence-electron chi connectivity index (χ0n) is 16.5. The van der Waals surface area contributed by atoms with Gasteiger partial charge < -0.3 is 14.2 Å². The highest BCUT2D eigenvalue weighted by Gasteiger charge is 2.39. The molecule has 0 radical (unpaired) electrons. The minimum absolute atomic E-state index is 0.0198. The molecule has 3 heterocycles. The topological polar surface area (TPSA) is 91.1 Å². The molecule has 0 spiro atoms. The highest BCUT2D eigenvalue weighted by Crippen LogP contribution is 2.24. The number of hydrogen-bond donors (Lipinski definition) is 0. The van der Waals surface area contributed by atoms with Gasteiger partial charge in [0.05, 0.1) is 11.2 Å². The van der Waals surface area contributed by atoms with Crippen LogP contribution in [0.25, 0.3) is 0 Å². The fourth-order valence-electron chi connectivity index (χ4n) is 3.95. The lowest BCUT2D eigenvalue weighted by atomic mass is 10.1. The van der Waals surface area contributed by atoms with Crippen LogP contribution in [0.3, 0.4) is 0 Å². The average molecular weight is 453 g/mol. The van der Waals surface area contributed by atoms with Crippen LogP contribution in [0, 0.1) is 11.6 Å². The number of nitrogens with zero attached hydrogens (tertiary/aromatic N) is 3. The fraction of sp³-hybridized carbons (Fsp3) is 0.400. The van der Waals surface area contributed by atoms with Crippen molar-refractivity contribution in [2.24, 2.45) is 0 Å². The Hall–Kier alpha value is -2.79. The molecule has 31 heavy (non-hydrogen) atoms. The number of furan rings is 1. The van der Waals surface area contributed by atoms with E-state index < -0.39 is 27.7 Å². The number of carbonyl (C=O) groups is 2. The molecule has 2 aliphatic rings. The van der Waals surface area contributed by atoms with Gasteiger partial charge in [0.15, 0.2) is 17.4 Å². The molecule has 0 unspecified atom stereocenters. The second-order valence-electron chi connectivity index (χ2n) is 7.44. The summed E-state index contributed by atoms with van der Waals surface area (Å²) in [7, 11) is -4.01. The first kappa shape index (κ1) is 21.4. The largest absolute Gasteiger partial charge is 0.459 e. The standard InChI is InChI=1S/C20H21F2N3O5S/c21-15-6-5-14(13-16(15)22)31(28,29)24-10-8-23(9-11-24)19(26)17-3-1-7-25(17)20(27)18-4-2-12-30-18/h2,4-6,12-13,17H,1,3,7-11H2/t17-/m0/s1. The molecule has 2 amide bonds. The van der Waals surface area contributed by atoms with Crippen LogP contribution >= 0.6 is 0 Å². The fourth-order valence-corrected chi connectivity index (χ4v) is 5.39. The molecule has 4 rings (SSSR count). The third kappa shape index (κ3) is 4.07. The number of likely N-dealkylation sites (tertiary alicyclic amines) is 1. The van der Waals surface area contributed by atoms with Crippen LogP contribution in [0.2, 0.25) is 0 Å². The SMILES string of the molecule is O=C([C@@H]1CCCN1C(=O)c1ccco1)N1CCN(S(=O)(=O)c2ccc(F)c(F)c2)CC1. The van der Waals surface area contributed by atoms with Crippen LogP contribution < -0.4 is 0 Å². The quantitative estimate of drug-likeness (QED) is 0.703. The lowest BCUT2D eigenvalue weighted by Gasteiger charge is -2.36. The van der Waals surface area contributed by atoms with Gasteiger partial charge >= 0.3 is 0 Å². The van der Waals surface area contributed by atoms with E-state index in [0.717, 1.165) is 16.4 Å². The maximum atomic E-state index is 13.5. The molecule has 2 saturated heterocycles. The Kier molecular flexibility index (Phi) is 5.80. The number of benzene rings is 1. The van der Waals surface area contributed by atoms with Crippen molar-refractivity contribution in [1.82, 2.24) is 14.1 Å². The van der Waals surface area contributed by atoms with Gasteiger partial charge in [0.1, 0.15) is 6.04 Å². The third-order valence-electron chi connectivity index (χ3n) is 5.61. The Balaban J connectivity index is 1.41. The van der Waals surface area contributed by atoms with Crippen molar-refractivity contribution in [1.29, 1.82) is 0 Å². The molecule has 166 valence electrons. The van der Waals surface area contributed by atoms with Crippen LogP contribution in [-0.4, -0.2) is 73.1 Å². The van der Waals surface area contributed by atoms with E-state index in [1.165, 1.54) is 16.1 Å². The van der Waals surface area contributed by atoms with Crippen molar-refractivity contribution in [2.45, 2.75) is 23.8 Å². The van der Waals surface area contributed by atoms with Crippen molar-refractivity contribution in [2.75, 3.05) is 32.7 Å². The number of amides is 2. The zero-order chi connectivity index (χ0) is 22.2. The number of carbonyl (C=O) groups excluding carboxylic acids is 2. The van der Waals surface area contributed by atoms with Gasteiger partial charge in [-0.3, -0.25) is 9.59 Å². The third-order valence-corrected chi connectivity index (χ3v) is 7.50. The number of rotatable bonds is 4. The van der Waals surface area contributed by atoms with E-state index >= 15 is 0 Å². The molecule has 1 aromatic carbocycles. The summed E-state index contributed by atoms with van der Waals surface area (Å²) in [6, 6.07) is 4.97. The summed E-state index contributed by atoms with van der Waals surface area (Å²) in [5.74, 6) is -2.78. The first-order valence-electron chi connectivity index (χ1n) is 9.87. The van der Waals surface area contributed by atoms with Crippen molar-refractivity contribution in [3.8, 4) is 0 Å². The molecule has 1 aromatic heterocycles. The summed E-state index contributed by atoms with van der Waals surface area (Å²) in [6.45, 7) is 0.764. The normalized spacial score (nSPS) is 20.3. The van der Waals surface area contributed by atoms with Crippen LogP contribution in [0.15, 0.2) is 45.9 Å². The van der Waals surface area contributed by atoms with Crippen molar-refractivity contribution < 1.29 is 31.2 Å². The Bertz CT molecular complexity index is 1080. The Morgan fingerprint density at radius 1 is 1.00 bits per heavy atom. The van der Waals surface area contributed by atoms with Gasteiger partial charge in [-0.25, -0.2) is 17.2 Å². The number of piperazine rings is 1. The summed E-state index contributed by atoms with van der Waals surface area (Å²) < 4.78 is 58.4. The Morgan fingerprint density at radius 3 is 2.39 bits per heavy atom. The minimum Gasteiger partial charge on any atom is -0.459 e. The molecule has 0 saturated carbocycles. The lowest BCUT2D eigenvalue weighted by Crippen LogP contribution is -2.55. The molecular formula is C20H21F2N3O5S. The lowest BCUT2D eigenvalue weighted by molar-refractivity contribution is -0.136. The summed E-state index contributed by atoms with van der Waals surface area (Å²) in [5, 5.41) is 0. The van der Waals surface area contributed by atoms with Gasteiger partial charge in [-0.15, -0.1) is 0 Å². The summed E-state index contributed by atoms with van der Waals surface area (Å²) in [6.07, 6.45) is 2.61. The second kappa shape index (κ2) is 8.39. The number of halogens is 2. The van der Waals surface area contributed by atoms with Crippen LogP contribution in [-0.2, 0) is 14.8 Å². The van der Waals surface area contributed by atoms with Crippen molar-refractivity contribution in [3.05, 3.63) is 54.0 Å². The van der Waals surface area contributed by atoms with Gasteiger partial charge in [-0.1, -0.05) is 0 Å². The second-order valence-corrected chi connectivity index (χ2v) is 9.38. The van der Waals surface area contributed by atoms with E-state index in [1.54, 1.807) is 12.1 Å². The molecule has 8 nitrogen and oxygen atoms in total. The monoisotopic (exact) mass is 453 g/mol. The van der Waals surface area contributed by atoms with E-state index in [1.807, 2.05) is 0 Å². The number of sulfonamides is 1. The Morgan fingerprint density at radius 2 is 1.74 bits per heavy atom. The molecule has 0 bridgehead atoms. The van der Waals surface area contributed by atoms with E-state index in [-0.39, 0.29) is 48.6 Å². The molecule has 2 aliphatic heterocycles. The molecule has 1 atom stereocenters.